The minimum absolute atomic E-state index is 0. The summed E-state index contributed by atoms with van der Waals surface area (Å²) in [6.07, 6.45) is 1.05. The maximum atomic E-state index is 13.0. The molecule has 1 heterocycles. The van der Waals surface area contributed by atoms with Gasteiger partial charge < -0.3 is 10.2 Å². The highest BCUT2D eigenvalue weighted by Gasteiger charge is 2.27. The van der Waals surface area contributed by atoms with Gasteiger partial charge in [-0.25, -0.2) is 0 Å². The van der Waals surface area contributed by atoms with E-state index in [1.54, 1.807) is 0 Å². The van der Waals surface area contributed by atoms with Crippen LogP contribution < -0.4 is 5.32 Å². The van der Waals surface area contributed by atoms with Crippen molar-refractivity contribution in [3.05, 3.63) is 48.0 Å². The quantitative estimate of drug-likeness (QED) is 0.925. The van der Waals surface area contributed by atoms with Crippen LogP contribution in [0.25, 0.3) is 10.8 Å². The predicted octanol–water partition coefficient (Wildman–Crippen LogP) is 3.72. The van der Waals surface area contributed by atoms with Crippen LogP contribution >= 0.6 is 12.4 Å². The molecule has 0 radical (unpaired) electrons. The molecule has 1 aliphatic rings. The molecule has 2 aromatic rings. The third kappa shape index (κ3) is 4.04. The lowest BCUT2D eigenvalue weighted by atomic mass is 10.0. The van der Waals surface area contributed by atoms with Crippen LogP contribution in [0.5, 0.6) is 0 Å². The van der Waals surface area contributed by atoms with Crippen molar-refractivity contribution >= 4 is 29.1 Å². The zero-order valence-electron chi connectivity index (χ0n) is 13.8. The lowest BCUT2D eigenvalue weighted by Crippen LogP contribution is -2.43. The first-order valence-corrected chi connectivity index (χ1v) is 8.15. The molecule has 0 aliphatic carbocycles. The number of halogens is 1. The first-order chi connectivity index (χ1) is 10.6. The van der Waals surface area contributed by atoms with E-state index in [1.165, 1.54) is 5.39 Å². The van der Waals surface area contributed by atoms with Crippen LogP contribution in [-0.2, 0) is 0 Å². The first kappa shape index (κ1) is 17.8. The van der Waals surface area contributed by atoms with Crippen molar-refractivity contribution in [2.75, 3.05) is 19.6 Å². The van der Waals surface area contributed by atoms with Gasteiger partial charge in [0.25, 0.3) is 5.91 Å². The van der Waals surface area contributed by atoms with E-state index in [2.05, 4.69) is 36.2 Å². The van der Waals surface area contributed by atoms with Crippen molar-refractivity contribution in [2.45, 2.75) is 26.3 Å². The van der Waals surface area contributed by atoms with Crippen LogP contribution in [0.3, 0.4) is 0 Å². The molecule has 1 N–H and O–H groups in total. The van der Waals surface area contributed by atoms with Crippen molar-refractivity contribution in [1.29, 1.82) is 0 Å². The van der Waals surface area contributed by atoms with Gasteiger partial charge in [-0.15, -0.1) is 12.4 Å². The zero-order valence-corrected chi connectivity index (χ0v) is 14.6. The van der Waals surface area contributed by atoms with Crippen LogP contribution in [0, 0.1) is 5.92 Å². The van der Waals surface area contributed by atoms with Crippen LogP contribution in [0.2, 0.25) is 0 Å². The maximum absolute atomic E-state index is 13.0. The summed E-state index contributed by atoms with van der Waals surface area (Å²) in [5.74, 6) is 0.637. The Morgan fingerprint density at radius 1 is 1.22 bits per heavy atom. The molecule has 1 fully saturated rings. The Labute approximate surface area is 144 Å². The second-order valence-corrected chi connectivity index (χ2v) is 6.56. The third-order valence-corrected chi connectivity index (χ3v) is 4.29. The van der Waals surface area contributed by atoms with Gasteiger partial charge in [-0.3, -0.25) is 4.79 Å². The largest absolute Gasteiger partial charge is 0.334 e. The summed E-state index contributed by atoms with van der Waals surface area (Å²) in [4.78, 5) is 15.1. The van der Waals surface area contributed by atoms with Gasteiger partial charge in [0.15, 0.2) is 0 Å². The molecule has 1 aliphatic heterocycles. The number of fused-ring (bicyclic) bond motifs is 1. The number of carbonyl (C=O) groups excluding carboxylic acids is 1. The summed E-state index contributed by atoms with van der Waals surface area (Å²) < 4.78 is 0. The van der Waals surface area contributed by atoms with Gasteiger partial charge in [0.05, 0.1) is 0 Å². The summed E-state index contributed by atoms with van der Waals surface area (Å²) in [7, 11) is 0. The molecule has 4 heteroatoms. The van der Waals surface area contributed by atoms with E-state index >= 15 is 0 Å². The Morgan fingerprint density at radius 3 is 2.61 bits per heavy atom. The first-order valence-electron chi connectivity index (χ1n) is 8.15. The number of nitrogens with one attached hydrogen (secondary N) is 1. The topological polar surface area (TPSA) is 32.3 Å². The number of carbonyl (C=O) groups is 1. The van der Waals surface area contributed by atoms with Gasteiger partial charge in [0.2, 0.25) is 0 Å². The minimum Gasteiger partial charge on any atom is -0.334 e. The number of benzene rings is 2. The van der Waals surface area contributed by atoms with E-state index in [-0.39, 0.29) is 18.3 Å². The fourth-order valence-electron chi connectivity index (χ4n) is 3.18. The molecule has 1 saturated heterocycles. The van der Waals surface area contributed by atoms with Gasteiger partial charge in [0.1, 0.15) is 0 Å². The van der Waals surface area contributed by atoms with E-state index in [1.807, 2.05) is 30.3 Å². The smallest absolute Gasteiger partial charge is 0.254 e. The van der Waals surface area contributed by atoms with Gasteiger partial charge in [-0.2, -0.15) is 0 Å². The van der Waals surface area contributed by atoms with Crippen LogP contribution in [0.4, 0.5) is 0 Å². The molecular weight excluding hydrogens is 308 g/mol. The Balaban J connectivity index is 0.00000192. The highest BCUT2D eigenvalue weighted by atomic mass is 35.5. The summed E-state index contributed by atoms with van der Waals surface area (Å²) >= 11 is 0. The predicted molar refractivity (Wildman–Crippen MR) is 98.3 cm³/mol. The highest BCUT2D eigenvalue weighted by Crippen LogP contribution is 2.20. The second kappa shape index (κ2) is 7.80. The molecule has 1 atom stereocenters. The normalized spacial score (nSPS) is 17.3. The van der Waals surface area contributed by atoms with Gasteiger partial charge in [-0.1, -0.05) is 44.2 Å². The number of amides is 1. The summed E-state index contributed by atoms with van der Waals surface area (Å²) in [5, 5.41) is 5.67. The SMILES string of the molecule is CC(C)CN(C(=O)c1ccc2ccccc2c1)[C@H]1CCNC1.Cl. The number of hydrogen-bond acceptors (Lipinski definition) is 2. The van der Waals surface area contributed by atoms with Crippen molar-refractivity contribution in [2.24, 2.45) is 5.92 Å². The van der Waals surface area contributed by atoms with Gasteiger partial charge >= 0.3 is 0 Å². The average Bonchev–Trinajstić information content (AvgIpc) is 3.05. The number of hydrogen-bond donors (Lipinski definition) is 1. The van der Waals surface area contributed by atoms with Crippen molar-refractivity contribution in [3.63, 3.8) is 0 Å². The van der Waals surface area contributed by atoms with Crippen molar-refractivity contribution < 1.29 is 4.79 Å². The van der Waals surface area contributed by atoms with Crippen molar-refractivity contribution in [3.8, 4) is 0 Å². The molecule has 3 rings (SSSR count). The second-order valence-electron chi connectivity index (χ2n) is 6.56. The van der Waals surface area contributed by atoms with Gasteiger partial charge in [-0.05, 0) is 41.8 Å². The van der Waals surface area contributed by atoms with E-state index < -0.39 is 0 Å². The highest BCUT2D eigenvalue weighted by molar-refractivity contribution is 5.98. The van der Waals surface area contributed by atoms with E-state index in [4.69, 9.17) is 0 Å². The van der Waals surface area contributed by atoms with E-state index in [9.17, 15) is 4.79 Å². The fourth-order valence-corrected chi connectivity index (χ4v) is 3.18. The minimum atomic E-state index is 0. The molecule has 0 bridgehead atoms. The monoisotopic (exact) mass is 332 g/mol. The lowest BCUT2D eigenvalue weighted by molar-refractivity contribution is 0.0667. The summed E-state index contributed by atoms with van der Waals surface area (Å²) in [5.41, 5.74) is 0.797. The number of rotatable bonds is 4. The van der Waals surface area contributed by atoms with Crippen molar-refractivity contribution in [1.82, 2.24) is 10.2 Å². The molecule has 0 spiro atoms. The molecule has 3 nitrogen and oxygen atoms in total. The zero-order chi connectivity index (χ0) is 15.5. The van der Waals surface area contributed by atoms with E-state index in [0.717, 1.165) is 37.0 Å². The Kier molecular flexibility index (Phi) is 6.03. The van der Waals surface area contributed by atoms with E-state index in [0.29, 0.717) is 12.0 Å². The van der Waals surface area contributed by atoms with Gasteiger partial charge in [0, 0.05) is 24.7 Å². The molecular formula is C19H25ClN2O. The maximum Gasteiger partial charge on any atom is 0.254 e. The van der Waals surface area contributed by atoms with Crippen LogP contribution in [-0.4, -0.2) is 36.5 Å². The fraction of sp³-hybridized carbons (Fsp3) is 0.421. The molecule has 0 aromatic heterocycles. The summed E-state index contributed by atoms with van der Waals surface area (Å²) in [6, 6.07) is 14.5. The van der Waals surface area contributed by atoms with Crippen LogP contribution in [0.15, 0.2) is 42.5 Å². The molecule has 124 valence electrons. The Morgan fingerprint density at radius 2 is 1.96 bits per heavy atom. The molecule has 2 aromatic carbocycles. The molecule has 1 amide bonds. The Hall–Kier alpha value is -1.58. The lowest BCUT2D eigenvalue weighted by Gasteiger charge is -2.30. The third-order valence-electron chi connectivity index (χ3n) is 4.29. The molecule has 0 saturated carbocycles. The summed E-state index contributed by atoms with van der Waals surface area (Å²) in [6.45, 7) is 7.07. The number of nitrogens with zero attached hydrogens (tertiary/aromatic N) is 1. The molecule has 23 heavy (non-hydrogen) atoms. The molecule has 0 unspecified atom stereocenters. The Bertz CT molecular complexity index is 665. The standard InChI is InChI=1S/C19H24N2O.ClH/c1-14(2)13-21(18-9-10-20-12-18)19(22)17-8-7-15-5-3-4-6-16(15)11-17;/h3-8,11,14,18,20H,9-10,12-13H2,1-2H3;1H/t18-;/m0./s1. The van der Waals surface area contributed by atoms with Crippen LogP contribution in [0.1, 0.15) is 30.6 Å². The average molecular weight is 333 g/mol.